The van der Waals surface area contributed by atoms with Gasteiger partial charge < -0.3 is 10.1 Å². The normalized spacial score (nSPS) is 10.5. The second kappa shape index (κ2) is 4.28. The number of fused-ring (bicyclic) bond motifs is 1. The summed E-state index contributed by atoms with van der Waals surface area (Å²) in [5, 5.41) is 4.22. The zero-order valence-corrected chi connectivity index (χ0v) is 8.95. The van der Waals surface area contributed by atoms with E-state index in [2.05, 4.69) is 16.4 Å². The van der Waals surface area contributed by atoms with Gasteiger partial charge in [0.15, 0.2) is 0 Å². The fourth-order valence-electron chi connectivity index (χ4n) is 1.64. The molecule has 0 aliphatic rings. The molecule has 0 fully saturated rings. The molecule has 15 heavy (non-hydrogen) atoms. The van der Waals surface area contributed by atoms with Crippen molar-refractivity contribution in [3.63, 3.8) is 0 Å². The van der Waals surface area contributed by atoms with Gasteiger partial charge in [0.2, 0.25) is 0 Å². The number of hydrogen-bond acceptors (Lipinski definition) is 3. The van der Waals surface area contributed by atoms with Crippen LogP contribution < -0.4 is 10.1 Å². The molecule has 0 atom stereocenters. The van der Waals surface area contributed by atoms with Gasteiger partial charge in [-0.05, 0) is 24.7 Å². The van der Waals surface area contributed by atoms with E-state index in [0.29, 0.717) is 0 Å². The van der Waals surface area contributed by atoms with Gasteiger partial charge in [-0.25, -0.2) is 0 Å². The predicted molar refractivity (Wildman–Crippen MR) is 61.1 cm³/mol. The molecule has 3 heteroatoms. The van der Waals surface area contributed by atoms with Gasteiger partial charge in [0.25, 0.3) is 0 Å². The maximum absolute atomic E-state index is 5.25. The molecule has 78 valence electrons. The van der Waals surface area contributed by atoms with Crippen LogP contribution in [0.4, 0.5) is 0 Å². The molecule has 0 spiro atoms. The van der Waals surface area contributed by atoms with Crippen molar-refractivity contribution in [2.45, 2.75) is 6.54 Å². The Morgan fingerprint density at radius 3 is 3.00 bits per heavy atom. The third-order valence-electron chi connectivity index (χ3n) is 2.33. The highest BCUT2D eigenvalue weighted by molar-refractivity contribution is 5.84. The Kier molecular flexibility index (Phi) is 2.83. The summed E-state index contributed by atoms with van der Waals surface area (Å²) >= 11 is 0. The van der Waals surface area contributed by atoms with Gasteiger partial charge in [0, 0.05) is 18.1 Å². The number of nitrogens with zero attached hydrogens (tertiary/aromatic N) is 1. The summed E-state index contributed by atoms with van der Waals surface area (Å²) in [6.45, 7) is 0.833. The van der Waals surface area contributed by atoms with Crippen LogP contribution in [0.3, 0.4) is 0 Å². The SMILES string of the molecule is CNCc1cnc2c(OC)cccc2c1. The number of hydrogen-bond donors (Lipinski definition) is 1. The fraction of sp³-hybridized carbons (Fsp3) is 0.250. The van der Waals surface area contributed by atoms with Crippen molar-refractivity contribution in [1.29, 1.82) is 0 Å². The minimum absolute atomic E-state index is 0.823. The van der Waals surface area contributed by atoms with Gasteiger partial charge in [0.1, 0.15) is 11.3 Å². The first-order valence-electron chi connectivity index (χ1n) is 4.91. The summed E-state index contributed by atoms with van der Waals surface area (Å²) in [4.78, 5) is 4.41. The Labute approximate surface area is 89.1 Å². The molecule has 3 nitrogen and oxygen atoms in total. The molecule has 0 saturated carbocycles. The number of pyridine rings is 1. The van der Waals surface area contributed by atoms with Crippen molar-refractivity contribution in [1.82, 2.24) is 10.3 Å². The number of para-hydroxylation sites is 1. The Hall–Kier alpha value is -1.61. The lowest BCUT2D eigenvalue weighted by Gasteiger charge is -2.06. The summed E-state index contributed by atoms with van der Waals surface area (Å²) in [5.41, 5.74) is 2.10. The van der Waals surface area contributed by atoms with E-state index in [1.807, 2.05) is 31.4 Å². The van der Waals surface area contributed by atoms with Crippen LogP contribution in [-0.2, 0) is 6.54 Å². The third-order valence-corrected chi connectivity index (χ3v) is 2.33. The molecule has 0 bridgehead atoms. The topological polar surface area (TPSA) is 34.2 Å². The molecule has 0 aliphatic heterocycles. The van der Waals surface area contributed by atoms with E-state index in [-0.39, 0.29) is 0 Å². The molecule has 0 radical (unpaired) electrons. The van der Waals surface area contributed by atoms with Crippen molar-refractivity contribution in [3.05, 3.63) is 36.0 Å². The van der Waals surface area contributed by atoms with Crippen LogP contribution in [0.25, 0.3) is 10.9 Å². The average molecular weight is 202 g/mol. The van der Waals surface area contributed by atoms with Gasteiger partial charge in [-0.3, -0.25) is 4.98 Å². The highest BCUT2D eigenvalue weighted by atomic mass is 16.5. The molecule has 0 aliphatic carbocycles. The maximum atomic E-state index is 5.25. The second-order valence-corrected chi connectivity index (χ2v) is 3.41. The van der Waals surface area contributed by atoms with Gasteiger partial charge >= 0.3 is 0 Å². The first-order chi connectivity index (χ1) is 7.35. The number of nitrogens with one attached hydrogen (secondary N) is 1. The lowest BCUT2D eigenvalue weighted by Crippen LogP contribution is -2.05. The molecular formula is C12H14N2O. The maximum Gasteiger partial charge on any atom is 0.145 e. The van der Waals surface area contributed by atoms with Gasteiger partial charge in [-0.15, -0.1) is 0 Å². The van der Waals surface area contributed by atoms with E-state index in [0.717, 1.165) is 23.2 Å². The minimum Gasteiger partial charge on any atom is -0.494 e. The number of ether oxygens (including phenoxy) is 1. The van der Waals surface area contributed by atoms with E-state index < -0.39 is 0 Å². The summed E-state index contributed by atoms with van der Waals surface area (Å²) < 4.78 is 5.25. The third kappa shape index (κ3) is 1.92. The van der Waals surface area contributed by atoms with Crippen molar-refractivity contribution >= 4 is 10.9 Å². The van der Waals surface area contributed by atoms with Crippen LogP contribution in [0.1, 0.15) is 5.56 Å². The van der Waals surface area contributed by atoms with E-state index in [9.17, 15) is 0 Å². The van der Waals surface area contributed by atoms with Gasteiger partial charge in [0.05, 0.1) is 7.11 Å². The molecule has 1 aromatic heterocycles. The summed E-state index contributed by atoms with van der Waals surface area (Å²) in [6.07, 6.45) is 1.88. The van der Waals surface area contributed by atoms with Crippen LogP contribution in [0.2, 0.25) is 0 Å². The van der Waals surface area contributed by atoms with Crippen LogP contribution >= 0.6 is 0 Å². The summed E-state index contributed by atoms with van der Waals surface area (Å²) in [5.74, 6) is 0.823. The first-order valence-corrected chi connectivity index (χ1v) is 4.91. The number of methoxy groups -OCH3 is 1. The molecule has 1 heterocycles. The quantitative estimate of drug-likeness (QED) is 0.826. The Bertz CT molecular complexity index is 468. The smallest absolute Gasteiger partial charge is 0.145 e. The minimum atomic E-state index is 0.823. The van der Waals surface area contributed by atoms with Crippen molar-refractivity contribution in [2.75, 3.05) is 14.2 Å². The zero-order chi connectivity index (χ0) is 10.7. The largest absolute Gasteiger partial charge is 0.494 e. The molecule has 0 saturated heterocycles. The Balaban J connectivity index is 2.53. The monoisotopic (exact) mass is 202 g/mol. The van der Waals surface area contributed by atoms with Crippen LogP contribution in [0.15, 0.2) is 30.5 Å². The molecule has 0 amide bonds. The number of rotatable bonds is 3. The average Bonchev–Trinajstić information content (AvgIpc) is 2.28. The van der Waals surface area contributed by atoms with Crippen LogP contribution in [-0.4, -0.2) is 19.1 Å². The molecule has 0 unspecified atom stereocenters. The Morgan fingerprint density at radius 2 is 2.27 bits per heavy atom. The van der Waals surface area contributed by atoms with E-state index in [4.69, 9.17) is 4.74 Å². The fourth-order valence-corrected chi connectivity index (χ4v) is 1.64. The van der Waals surface area contributed by atoms with Crippen molar-refractivity contribution < 1.29 is 4.74 Å². The second-order valence-electron chi connectivity index (χ2n) is 3.41. The molecule has 1 aromatic carbocycles. The molecule has 2 aromatic rings. The first kappa shape index (κ1) is 9.93. The number of aromatic nitrogens is 1. The van der Waals surface area contributed by atoms with E-state index >= 15 is 0 Å². The number of benzene rings is 1. The Morgan fingerprint density at radius 1 is 1.40 bits per heavy atom. The van der Waals surface area contributed by atoms with Crippen LogP contribution in [0, 0.1) is 0 Å². The van der Waals surface area contributed by atoms with Crippen LogP contribution in [0.5, 0.6) is 5.75 Å². The van der Waals surface area contributed by atoms with E-state index in [1.54, 1.807) is 7.11 Å². The zero-order valence-electron chi connectivity index (χ0n) is 8.95. The highest BCUT2D eigenvalue weighted by Crippen LogP contribution is 2.23. The molecule has 1 N–H and O–H groups in total. The lowest BCUT2D eigenvalue weighted by atomic mass is 10.1. The molecule has 2 rings (SSSR count). The summed E-state index contributed by atoms with van der Waals surface area (Å²) in [6, 6.07) is 8.07. The van der Waals surface area contributed by atoms with Gasteiger partial charge in [-0.1, -0.05) is 12.1 Å². The predicted octanol–water partition coefficient (Wildman–Crippen LogP) is 1.96. The van der Waals surface area contributed by atoms with Crippen molar-refractivity contribution in [3.8, 4) is 5.75 Å². The lowest BCUT2D eigenvalue weighted by molar-refractivity contribution is 0.419. The van der Waals surface area contributed by atoms with Gasteiger partial charge in [-0.2, -0.15) is 0 Å². The van der Waals surface area contributed by atoms with E-state index in [1.165, 1.54) is 5.56 Å². The standard InChI is InChI=1S/C12H14N2O/c1-13-7-9-6-10-4-3-5-11(15-2)12(10)14-8-9/h3-6,8,13H,7H2,1-2H3. The summed E-state index contributed by atoms with van der Waals surface area (Å²) in [7, 11) is 3.59. The molecular weight excluding hydrogens is 188 g/mol. The highest BCUT2D eigenvalue weighted by Gasteiger charge is 2.02. The van der Waals surface area contributed by atoms with Crippen molar-refractivity contribution in [2.24, 2.45) is 0 Å².